The average molecular weight is 345 g/mol. The van der Waals surface area contributed by atoms with Crippen molar-refractivity contribution in [3.8, 4) is 11.1 Å². The number of nitro groups is 1. The number of hydrogen-bond acceptors (Lipinski definition) is 6. The zero-order valence-corrected chi connectivity index (χ0v) is 13.2. The molecule has 0 saturated heterocycles. The zero-order chi connectivity index (χ0) is 17.4. The highest BCUT2D eigenvalue weighted by Gasteiger charge is 2.20. The maximum Gasteiger partial charge on any atom is 0.326 e. The fraction of sp³-hybridized carbons (Fsp3) is 0.133. The first-order valence-electron chi connectivity index (χ1n) is 6.86. The van der Waals surface area contributed by atoms with Crippen LogP contribution in [0.15, 0.2) is 40.8 Å². The Morgan fingerprint density at radius 3 is 2.88 bits per heavy atom. The van der Waals surface area contributed by atoms with Gasteiger partial charge in [0.25, 0.3) is 11.2 Å². The third kappa shape index (κ3) is 2.54. The summed E-state index contributed by atoms with van der Waals surface area (Å²) >= 11 is 1.22. The summed E-state index contributed by atoms with van der Waals surface area (Å²) in [7, 11) is 0. The Morgan fingerprint density at radius 2 is 2.21 bits per heavy atom. The third-order valence-electron chi connectivity index (χ3n) is 3.66. The molecule has 0 radical (unpaired) electrons. The van der Waals surface area contributed by atoms with Gasteiger partial charge in [-0.1, -0.05) is 12.1 Å². The molecule has 0 aliphatic rings. The molecular formula is C15H11N3O5S. The van der Waals surface area contributed by atoms with E-state index in [1.807, 2.05) is 0 Å². The van der Waals surface area contributed by atoms with Crippen molar-refractivity contribution < 1.29 is 14.8 Å². The molecule has 0 aliphatic carbocycles. The van der Waals surface area contributed by atoms with Crippen molar-refractivity contribution in [2.45, 2.75) is 13.0 Å². The molecule has 2 heterocycles. The lowest BCUT2D eigenvalue weighted by atomic mass is 10.1. The van der Waals surface area contributed by atoms with Gasteiger partial charge in [0.2, 0.25) is 0 Å². The van der Waals surface area contributed by atoms with Gasteiger partial charge < -0.3 is 5.11 Å². The van der Waals surface area contributed by atoms with Crippen LogP contribution in [0, 0.1) is 10.1 Å². The summed E-state index contributed by atoms with van der Waals surface area (Å²) in [6.07, 6.45) is 1.21. The second kappa shape index (κ2) is 5.85. The van der Waals surface area contributed by atoms with Gasteiger partial charge in [-0.3, -0.25) is 19.5 Å². The first-order chi connectivity index (χ1) is 11.4. The number of carboxylic acids is 1. The van der Waals surface area contributed by atoms with Gasteiger partial charge in [0.15, 0.2) is 0 Å². The van der Waals surface area contributed by atoms with Crippen molar-refractivity contribution in [1.82, 2.24) is 9.55 Å². The minimum atomic E-state index is -1.15. The molecule has 0 fully saturated rings. The molecule has 0 bridgehead atoms. The average Bonchev–Trinajstić information content (AvgIpc) is 2.99. The van der Waals surface area contributed by atoms with Gasteiger partial charge in [0, 0.05) is 23.1 Å². The zero-order valence-electron chi connectivity index (χ0n) is 12.4. The molecule has 24 heavy (non-hydrogen) atoms. The molecule has 1 N–H and O–H groups in total. The Labute approximate surface area is 138 Å². The van der Waals surface area contributed by atoms with Crippen LogP contribution < -0.4 is 5.56 Å². The maximum atomic E-state index is 12.7. The highest BCUT2D eigenvalue weighted by Crippen LogP contribution is 2.32. The summed E-state index contributed by atoms with van der Waals surface area (Å²) in [4.78, 5) is 38.8. The lowest BCUT2D eigenvalue weighted by Crippen LogP contribution is -2.28. The van der Waals surface area contributed by atoms with Crippen molar-refractivity contribution in [3.05, 3.63) is 56.4 Å². The Bertz CT molecular complexity index is 1020. The fourth-order valence-corrected chi connectivity index (χ4v) is 3.25. The van der Waals surface area contributed by atoms with E-state index in [1.54, 1.807) is 11.4 Å². The fourth-order valence-electron chi connectivity index (χ4n) is 2.34. The molecule has 0 unspecified atom stereocenters. The van der Waals surface area contributed by atoms with Gasteiger partial charge in [-0.2, -0.15) is 0 Å². The number of nitro benzene ring substituents is 1. The Hall–Kier alpha value is -3.07. The molecule has 9 heteroatoms. The number of benzene rings is 1. The first-order valence-corrected chi connectivity index (χ1v) is 7.74. The van der Waals surface area contributed by atoms with Crippen LogP contribution in [-0.4, -0.2) is 25.6 Å². The van der Waals surface area contributed by atoms with E-state index in [0.29, 0.717) is 16.0 Å². The maximum absolute atomic E-state index is 12.7. The van der Waals surface area contributed by atoms with E-state index in [-0.39, 0.29) is 11.1 Å². The molecule has 1 aromatic carbocycles. The molecule has 0 aliphatic heterocycles. The summed E-state index contributed by atoms with van der Waals surface area (Å²) in [5.41, 5.74) is 0.436. The quantitative estimate of drug-likeness (QED) is 0.574. The number of carbonyl (C=O) groups is 1. The van der Waals surface area contributed by atoms with E-state index in [4.69, 9.17) is 5.11 Å². The highest BCUT2D eigenvalue weighted by molar-refractivity contribution is 7.17. The van der Waals surface area contributed by atoms with Crippen molar-refractivity contribution in [1.29, 1.82) is 0 Å². The van der Waals surface area contributed by atoms with Crippen LogP contribution in [0.1, 0.15) is 13.0 Å². The number of carboxylic acid groups (broad SMARTS) is 1. The summed E-state index contributed by atoms with van der Waals surface area (Å²) in [6.45, 7) is 1.39. The molecule has 3 aromatic rings. The van der Waals surface area contributed by atoms with Gasteiger partial charge in [-0.25, -0.2) is 9.78 Å². The van der Waals surface area contributed by atoms with Gasteiger partial charge in [0.05, 0.1) is 16.6 Å². The Morgan fingerprint density at radius 1 is 1.46 bits per heavy atom. The third-order valence-corrected chi connectivity index (χ3v) is 4.55. The molecule has 0 saturated carbocycles. The number of hydrogen-bond donors (Lipinski definition) is 1. The van der Waals surface area contributed by atoms with Crippen LogP contribution in [0.5, 0.6) is 0 Å². The molecule has 0 spiro atoms. The second-order valence-electron chi connectivity index (χ2n) is 5.11. The topological polar surface area (TPSA) is 115 Å². The first kappa shape index (κ1) is 15.8. The van der Waals surface area contributed by atoms with E-state index in [9.17, 15) is 19.7 Å². The number of aliphatic carboxylic acids is 1. The predicted octanol–water partition coefficient (Wildman–Crippen LogP) is 2.68. The van der Waals surface area contributed by atoms with Crippen molar-refractivity contribution in [2.75, 3.05) is 0 Å². The normalized spacial score (nSPS) is 12.2. The predicted molar refractivity (Wildman–Crippen MR) is 88.3 cm³/mol. The minimum absolute atomic E-state index is 0.0880. The number of non-ortho nitro benzene ring substituents is 1. The van der Waals surface area contributed by atoms with Gasteiger partial charge >= 0.3 is 5.97 Å². The Balaban J connectivity index is 2.25. The summed E-state index contributed by atoms with van der Waals surface area (Å²) < 4.78 is 1.04. The van der Waals surface area contributed by atoms with Crippen molar-refractivity contribution >= 4 is 33.2 Å². The van der Waals surface area contributed by atoms with E-state index in [0.717, 1.165) is 4.57 Å². The van der Waals surface area contributed by atoms with E-state index < -0.39 is 22.5 Å². The monoisotopic (exact) mass is 345 g/mol. The highest BCUT2D eigenvalue weighted by atomic mass is 32.1. The summed E-state index contributed by atoms with van der Waals surface area (Å²) in [5.74, 6) is -1.15. The van der Waals surface area contributed by atoms with Gasteiger partial charge in [0.1, 0.15) is 10.9 Å². The van der Waals surface area contributed by atoms with Crippen LogP contribution in [0.4, 0.5) is 5.69 Å². The summed E-state index contributed by atoms with van der Waals surface area (Å²) in [5, 5.41) is 22.0. The van der Waals surface area contributed by atoms with Crippen molar-refractivity contribution in [3.63, 3.8) is 0 Å². The Kier molecular flexibility index (Phi) is 3.86. The molecule has 8 nitrogen and oxygen atoms in total. The SMILES string of the molecule is C[C@@H](C(=O)O)n1cnc2scc(-c3cccc([N+](=O)[O-])c3)c2c1=O. The lowest BCUT2D eigenvalue weighted by Gasteiger charge is -2.10. The molecule has 2 aromatic heterocycles. The van der Waals surface area contributed by atoms with Gasteiger partial charge in [-0.05, 0) is 12.5 Å². The van der Waals surface area contributed by atoms with E-state index >= 15 is 0 Å². The molecule has 1 atom stereocenters. The number of thiophene rings is 1. The molecule has 122 valence electrons. The smallest absolute Gasteiger partial charge is 0.326 e. The van der Waals surface area contributed by atoms with Crippen LogP contribution in [-0.2, 0) is 4.79 Å². The van der Waals surface area contributed by atoms with Crippen molar-refractivity contribution in [2.24, 2.45) is 0 Å². The van der Waals surface area contributed by atoms with E-state index in [1.165, 1.54) is 42.8 Å². The number of rotatable bonds is 4. The molecule has 3 rings (SSSR count). The minimum Gasteiger partial charge on any atom is -0.480 e. The number of fused-ring (bicyclic) bond motifs is 1. The molecular weight excluding hydrogens is 334 g/mol. The van der Waals surface area contributed by atoms with Crippen LogP contribution >= 0.6 is 11.3 Å². The number of nitrogens with zero attached hydrogens (tertiary/aromatic N) is 3. The van der Waals surface area contributed by atoms with Gasteiger partial charge in [-0.15, -0.1) is 11.3 Å². The lowest BCUT2D eigenvalue weighted by molar-refractivity contribution is -0.384. The van der Waals surface area contributed by atoms with E-state index in [2.05, 4.69) is 4.98 Å². The van der Waals surface area contributed by atoms with Crippen LogP contribution in [0.2, 0.25) is 0 Å². The largest absolute Gasteiger partial charge is 0.480 e. The second-order valence-corrected chi connectivity index (χ2v) is 5.97. The summed E-state index contributed by atoms with van der Waals surface area (Å²) in [6, 6.07) is 4.87. The molecule has 0 amide bonds. The standard InChI is InChI=1S/C15H11N3O5S/c1-8(15(20)21)17-7-16-13-12(14(17)19)11(6-24-13)9-3-2-4-10(5-9)18(22)23/h2-8H,1H3,(H,20,21)/t8-/m0/s1. The van der Waals surface area contributed by atoms with Crippen LogP contribution in [0.3, 0.4) is 0 Å². The van der Waals surface area contributed by atoms with Crippen LogP contribution in [0.25, 0.3) is 21.3 Å². The number of aromatic nitrogens is 2.